The van der Waals surface area contributed by atoms with Crippen LogP contribution in [0.1, 0.15) is 11.5 Å². The van der Waals surface area contributed by atoms with E-state index in [0.29, 0.717) is 12.6 Å². The quantitative estimate of drug-likeness (QED) is 0.876. The Labute approximate surface area is 152 Å². The lowest BCUT2D eigenvalue weighted by molar-refractivity contribution is 0.457. The van der Waals surface area contributed by atoms with Gasteiger partial charge in [0, 0.05) is 25.1 Å². The molecule has 8 heteroatoms. The molecule has 1 heterocycles. The maximum absolute atomic E-state index is 13.4. The number of hydrogen-bond acceptors (Lipinski definition) is 3. The Balaban J connectivity index is 0.00000225. The summed E-state index contributed by atoms with van der Waals surface area (Å²) in [6.45, 7) is 0.811. The van der Waals surface area contributed by atoms with Crippen LogP contribution in [-0.2, 0) is 10.0 Å². The highest BCUT2D eigenvalue weighted by molar-refractivity contribution is 7.89. The lowest BCUT2D eigenvalue weighted by Crippen LogP contribution is -2.30. The smallest absolute Gasteiger partial charge is 0.243 e. The van der Waals surface area contributed by atoms with Gasteiger partial charge in [-0.3, -0.25) is 0 Å². The Bertz CT molecular complexity index is 814. The van der Waals surface area contributed by atoms with Crippen LogP contribution in [0.4, 0.5) is 8.78 Å². The first-order valence-electron chi connectivity index (χ1n) is 7.63. The Morgan fingerprint density at radius 1 is 1.04 bits per heavy atom. The molecule has 1 saturated heterocycles. The first kappa shape index (κ1) is 19.8. The third-order valence-electron chi connectivity index (χ3n) is 4.41. The molecule has 0 bridgehead atoms. The third kappa shape index (κ3) is 4.00. The summed E-state index contributed by atoms with van der Waals surface area (Å²) in [6, 6.07) is 11.9. The number of nitrogens with two attached hydrogens (primary N) is 1. The standard InChI is InChI=1S/C17H18F2N2O2S.ClH/c18-14-6-15(19)8-16(7-14)24(22,23)21-10-13(9-20)17(11-21)12-4-2-1-3-5-12;/h1-8,13,17H,9-11,20H2;1H/t13-,17+;/m1./s1. The Morgan fingerprint density at radius 2 is 1.64 bits per heavy atom. The molecule has 2 aromatic carbocycles. The van der Waals surface area contributed by atoms with Crippen molar-refractivity contribution in [3.63, 3.8) is 0 Å². The van der Waals surface area contributed by atoms with Gasteiger partial charge >= 0.3 is 0 Å². The molecule has 25 heavy (non-hydrogen) atoms. The van der Waals surface area contributed by atoms with Gasteiger partial charge < -0.3 is 5.73 Å². The lowest BCUT2D eigenvalue weighted by atomic mass is 9.89. The van der Waals surface area contributed by atoms with Crippen LogP contribution in [0, 0.1) is 17.6 Å². The molecule has 0 unspecified atom stereocenters. The highest BCUT2D eigenvalue weighted by Gasteiger charge is 2.39. The molecule has 0 amide bonds. The van der Waals surface area contributed by atoms with Gasteiger partial charge in [0.15, 0.2) is 0 Å². The van der Waals surface area contributed by atoms with Gasteiger partial charge in [-0.25, -0.2) is 17.2 Å². The van der Waals surface area contributed by atoms with Crippen LogP contribution in [0.2, 0.25) is 0 Å². The monoisotopic (exact) mass is 388 g/mol. The SMILES string of the molecule is Cl.NC[C@@H]1CN(S(=O)(=O)c2cc(F)cc(F)c2)C[C@H]1c1ccccc1. The molecule has 1 fully saturated rings. The fourth-order valence-electron chi connectivity index (χ4n) is 3.17. The number of benzene rings is 2. The minimum atomic E-state index is -3.97. The maximum Gasteiger partial charge on any atom is 0.243 e. The van der Waals surface area contributed by atoms with Gasteiger partial charge in [-0.2, -0.15) is 4.31 Å². The molecule has 2 N–H and O–H groups in total. The number of sulfonamides is 1. The topological polar surface area (TPSA) is 63.4 Å². The van der Waals surface area contributed by atoms with E-state index in [1.165, 1.54) is 4.31 Å². The van der Waals surface area contributed by atoms with Gasteiger partial charge in [0.2, 0.25) is 10.0 Å². The zero-order chi connectivity index (χ0) is 17.3. The van der Waals surface area contributed by atoms with Crippen molar-refractivity contribution in [2.75, 3.05) is 19.6 Å². The second kappa shape index (κ2) is 7.78. The summed E-state index contributed by atoms with van der Waals surface area (Å²) in [5.74, 6) is -1.91. The highest BCUT2D eigenvalue weighted by Crippen LogP contribution is 2.35. The summed E-state index contributed by atoms with van der Waals surface area (Å²) < 4.78 is 53.5. The molecule has 2 atom stereocenters. The van der Waals surface area contributed by atoms with Crippen molar-refractivity contribution in [2.24, 2.45) is 11.7 Å². The molecule has 0 aliphatic carbocycles. The van der Waals surface area contributed by atoms with Gasteiger partial charge in [-0.05, 0) is 30.2 Å². The Kier molecular flexibility index (Phi) is 6.16. The van der Waals surface area contributed by atoms with E-state index < -0.39 is 21.7 Å². The van der Waals surface area contributed by atoms with Gasteiger partial charge in [0.25, 0.3) is 0 Å². The van der Waals surface area contributed by atoms with E-state index in [1.807, 2.05) is 30.3 Å². The van der Waals surface area contributed by atoms with Crippen molar-refractivity contribution in [1.82, 2.24) is 4.31 Å². The van der Waals surface area contributed by atoms with E-state index >= 15 is 0 Å². The molecule has 136 valence electrons. The molecular formula is C17H19ClF2N2O2S. The van der Waals surface area contributed by atoms with Crippen LogP contribution in [0.15, 0.2) is 53.4 Å². The van der Waals surface area contributed by atoms with Crippen molar-refractivity contribution in [2.45, 2.75) is 10.8 Å². The molecule has 0 saturated carbocycles. The van der Waals surface area contributed by atoms with Crippen LogP contribution in [0.3, 0.4) is 0 Å². The summed E-state index contributed by atoms with van der Waals surface area (Å²) in [7, 11) is -3.97. The van der Waals surface area contributed by atoms with Crippen molar-refractivity contribution >= 4 is 22.4 Å². The molecule has 4 nitrogen and oxygen atoms in total. The second-order valence-corrected chi connectivity index (χ2v) is 7.88. The van der Waals surface area contributed by atoms with E-state index in [-0.39, 0.29) is 42.2 Å². The number of rotatable bonds is 4. The molecule has 1 aliphatic heterocycles. The predicted octanol–water partition coefficient (Wildman–Crippen LogP) is 2.75. The van der Waals surface area contributed by atoms with Crippen LogP contribution in [-0.4, -0.2) is 32.4 Å². The summed E-state index contributed by atoms with van der Waals surface area (Å²) >= 11 is 0. The van der Waals surface area contributed by atoms with Crippen LogP contribution < -0.4 is 5.73 Å². The summed E-state index contributed by atoms with van der Waals surface area (Å²) in [5.41, 5.74) is 6.82. The van der Waals surface area contributed by atoms with E-state index in [9.17, 15) is 17.2 Å². The minimum Gasteiger partial charge on any atom is -0.330 e. The molecule has 3 rings (SSSR count). The molecule has 0 spiro atoms. The number of nitrogens with zero attached hydrogens (tertiary/aromatic N) is 1. The lowest BCUT2D eigenvalue weighted by Gasteiger charge is -2.17. The van der Waals surface area contributed by atoms with Crippen molar-refractivity contribution in [1.29, 1.82) is 0 Å². The average molecular weight is 389 g/mol. The molecule has 2 aromatic rings. The maximum atomic E-state index is 13.4. The molecular weight excluding hydrogens is 370 g/mol. The average Bonchev–Trinajstić information content (AvgIpc) is 3.00. The zero-order valence-corrected chi connectivity index (χ0v) is 14.9. The third-order valence-corrected chi connectivity index (χ3v) is 6.22. The Morgan fingerprint density at radius 3 is 2.20 bits per heavy atom. The van der Waals surface area contributed by atoms with Crippen molar-refractivity contribution < 1.29 is 17.2 Å². The minimum absolute atomic E-state index is 0. The van der Waals surface area contributed by atoms with Crippen LogP contribution in [0.5, 0.6) is 0 Å². The van der Waals surface area contributed by atoms with E-state index in [1.54, 1.807) is 0 Å². The summed E-state index contributed by atoms with van der Waals surface area (Å²) in [4.78, 5) is -0.371. The first-order chi connectivity index (χ1) is 11.4. The van der Waals surface area contributed by atoms with Crippen LogP contribution >= 0.6 is 12.4 Å². The zero-order valence-electron chi connectivity index (χ0n) is 13.3. The van der Waals surface area contributed by atoms with Crippen LogP contribution in [0.25, 0.3) is 0 Å². The largest absolute Gasteiger partial charge is 0.330 e. The van der Waals surface area contributed by atoms with Crippen molar-refractivity contribution in [3.8, 4) is 0 Å². The highest BCUT2D eigenvalue weighted by atomic mass is 35.5. The fourth-order valence-corrected chi connectivity index (χ4v) is 4.74. The number of halogens is 3. The van der Waals surface area contributed by atoms with Gasteiger partial charge in [0.1, 0.15) is 11.6 Å². The van der Waals surface area contributed by atoms with Crippen molar-refractivity contribution in [3.05, 3.63) is 65.7 Å². The van der Waals surface area contributed by atoms with Gasteiger partial charge in [-0.1, -0.05) is 30.3 Å². The Hall–Kier alpha value is -1.54. The normalized spacial score (nSPS) is 21.1. The van der Waals surface area contributed by atoms with E-state index in [0.717, 1.165) is 17.7 Å². The molecule has 0 radical (unpaired) electrons. The van der Waals surface area contributed by atoms with Gasteiger partial charge in [0.05, 0.1) is 4.90 Å². The second-order valence-electron chi connectivity index (χ2n) is 5.94. The summed E-state index contributed by atoms with van der Waals surface area (Å²) in [5, 5.41) is 0. The first-order valence-corrected chi connectivity index (χ1v) is 9.07. The molecule has 0 aromatic heterocycles. The predicted molar refractivity (Wildman–Crippen MR) is 94.1 cm³/mol. The molecule has 1 aliphatic rings. The van der Waals surface area contributed by atoms with E-state index in [4.69, 9.17) is 5.73 Å². The fraction of sp³-hybridized carbons (Fsp3) is 0.294. The summed E-state index contributed by atoms with van der Waals surface area (Å²) in [6.07, 6.45) is 0. The number of hydrogen-bond donors (Lipinski definition) is 1. The van der Waals surface area contributed by atoms with Gasteiger partial charge in [-0.15, -0.1) is 12.4 Å². The van der Waals surface area contributed by atoms with E-state index in [2.05, 4.69) is 0 Å².